The van der Waals surface area contributed by atoms with E-state index in [0.717, 1.165) is 32.1 Å². The minimum absolute atomic E-state index is 0.0486. The fourth-order valence-corrected chi connectivity index (χ4v) is 5.37. The average molecular weight is 452 g/mol. The molecule has 2 heterocycles. The number of carbonyl (C=O) groups excluding carboxylic acids is 3. The quantitative estimate of drug-likeness (QED) is 0.302. The zero-order valence-electron chi connectivity index (χ0n) is 18.9. The molecule has 6 N–H and O–H groups in total. The van der Waals surface area contributed by atoms with Crippen molar-refractivity contribution >= 4 is 24.8 Å². The van der Waals surface area contributed by atoms with Gasteiger partial charge in [-0.1, -0.05) is 26.2 Å². The molecule has 0 aromatic heterocycles. The highest BCUT2D eigenvalue weighted by Gasteiger charge is 2.44. The van der Waals surface area contributed by atoms with Crippen LogP contribution in [0.5, 0.6) is 0 Å². The van der Waals surface area contributed by atoms with Crippen LogP contribution in [0, 0.1) is 5.92 Å². The molecule has 2 saturated heterocycles. The number of amides is 3. The summed E-state index contributed by atoms with van der Waals surface area (Å²) in [5, 5.41) is 32.0. The van der Waals surface area contributed by atoms with Crippen molar-refractivity contribution < 1.29 is 29.5 Å². The van der Waals surface area contributed by atoms with E-state index >= 15 is 0 Å². The Morgan fingerprint density at radius 2 is 1.75 bits per heavy atom. The van der Waals surface area contributed by atoms with Gasteiger partial charge in [-0.25, -0.2) is 0 Å². The number of carbonyl (C=O) groups is 3. The smallest absolute Gasteiger partial charge is 0.426 e. The molecule has 10 nitrogen and oxygen atoms in total. The second-order valence-corrected chi connectivity index (χ2v) is 9.44. The highest BCUT2D eigenvalue weighted by Crippen LogP contribution is 2.28. The molecule has 11 heteroatoms. The Kier molecular flexibility index (Phi) is 8.54. The predicted molar refractivity (Wildman–Crippen MR) is 118 cm³/mol. The minimum Gasteiger partial charge on any atom is -0.426 e. The number of aliphatic hydroxyl groups is 1. The van der Waals surface area contributed by atoms with Crippen LogP contribution in [0.4, 0.5) is 0 Å². The van der Waals surface area contributed by atoms with Crippen LogP contribution in [0.1, 0.15) is 64.7 Å². The summed E-state index contributed by atoms with van der Waals surface area (Å²) in [6.07, 6.45) is 5.75. The number of aliphatic hydroxyl groups excluding tert-OH is 1. The average Bonchev–Trinajstić information content (AvgIpc) is 3.43. The van der Waals surface area contributed by atoms with Crippen molar-refractivity contribution in [1.82, 2.24) is 15.1 Å². The van der Waals surface area contributed by atoms with Crippen molar-refractivity contribution in [2.45, 2.75) is 94.9 Å². The first-order valence-electron chi connectivity index (χ1n) is 12.0. The molecule has 5 atom stereocenters. The Bertz CT molecular complexity index is 689. The third kappa shape index (κ3) is 5.44. The first kappa shape index (κ1) is 24.9. The van der Waals surface area contributed by atoms with Gasteiger partial charge in [-0.2, -0.15) is 0 Å². The molecule has 0 radical (unpaired) electrons. The van der Waals surface area contributed by atoms with Crippen LogP contribution in [-0.2, 0) is 14.4 Å². The fourth-order valence-electron chi connectivity index (χ4n) is 5.37. The monoisotopic (exact) mass is 452 g/mol. The summed E-state index contributed by atoms with van der Waals surface area (Å²) in [6, 6.07) is -2.42. The van der Waals surface area contributed by atoms with Gasteiger partial charge in [0.1, 0.15) is 12.1 Å². The molecule has 32 heavy (non-hydrogen) atoms. The Morgan fingerprint density at radius 3 is 2.38 bits per heavy atom. The molecule has 1 aliphatic carbocycles. The van der Waals surface area contributed by atoms with E-state index in [9.17, 15) is 29.5 Å². The van der Waals surface area contributed by atoms with Gasteiger partial charge in [0.15, 0.2) is 0 Å². The Labute approximate surface area is 189 Å². The summed E-state index contributed by atoms with van der Waals surface area (Å²) in [5.41, 5.74) is 6.27. The molecule has 5 unspecified atom stereocenters. The van der Waals surface area contributed by atoms with Crippen LogP contribution in [0.25, 0.3) is 0 Å². The lowest BCUT2D eigenvalue weighted by Gasteiger charge is -2.33. The number of β-amino-alcohol motifs (C(OH)–C–C–N with tert-alkyl or cyclic N) is 1. The Morgan fingerprint density at radius 1 is 1.06 bits per heavy atom. The van der Waals surface area contributed by atoms with Crippen molar-refractivity contribution in [3.63, 3.8) is 0 Å². The maximum Gasteiger partial charge on any atom is 0.475 e. The van der Waals surface area contributed by atoms with E-state index in [1.807, 2.05) is 0 Å². The third-order valence-electron chi connectivity index (χ3n) is 7.26. The van der Waals surface area contributed by atoms with E-state index in [1.165, 1.54) is 9.80 Å². The molecule has 0 aromatic carbocycles. The number of nitrogens with zero attached hydrogens (tertiary/aromatic N) is 2. The summed E-state index contributed by atoms with van der Waals surface area (Å²) in [5.74, 6) is -1.79. The first-order valence-corrected chi connectivity index (χ1v) is 12.0. The van der Waals surface area contributed by atoms with Crippen LogP contribution in [-0.4, -0.2) is 93.1 Å². The molecular formula is C21H37BN4O6. The number of nitrogens with one attached hydrogen (secondary N) is 1. The van der Waals surface area contributed by atoms with Crippen LogP contribution in [0.15, 0.2) is 0 Å². The first-order chi connectivity index (χ1) is 15.2. The fraction of sp³-hybridized carbons (Fsp3) is 0.857. The molecule has 3 rings (SSSR count). The summed E-state index contributed by atoms with van der Waals surface area (Å²) in [4.78, 5) is 41.9. The Hall–Kier alpha value is -1.69. The predicted octanol–water partition coefficient (Wildman–Crippen LogP) is -1.25. The number of likely N-dealkylation sites (tertiary alicyclic amines) is 2. The number of hydrogen-bond acceptors (Lipinski definition) is 7. The maximum atomic E-state index is 13.1. The molecular weight excluding hydrogens is 415 g/mol. The van der Waals surface area contributed by atoms with Gasteiger partial charge in [0, 0.05) is 19.5 Å². The van der Waals surface area contributed by atoms with Gasteiger partial charge in [0.05, 0.1) is 18.1 Å². The van der Waals surface area contributed by atoms with Gasteiger partial charge < -0.3 is 36.0 Å². The number of hydrogen-bond donors (Lipinski definition) is 5. The van der Waals surface area contributed by atoms with Gasteiger partial charge in [-0.15, -0.1) is 0 Å². The van der Waals surface area contributed by atoms with Crippen molar-refractivity contribution in [3.8, 4) is 0 Å². The van der Waals surface area contributed by atoms with Gasteiger partial charge in [0.25, 0.3) is 0 Å². The molecule has 0 spiro atoms. The van der Waals surface area contributed by atoms with Gasteiger partial charge in [0.2, 0.25) is 17.7 Å². The molecule has 3 aliphatic rings. The minimum atomic E-state index is -1.63. The van der Waals surface area contributed by atoms with Crippen molar-refractivity contribution in [1.29, 1.82) is 0 Å². The number of rotatable bonds is 7. The lowest BCUT2D eigenvalue weighted by molar-refractivity contribution is -0.142. The molecule has 3 fully saturated rings. The maximum absolute atomic E-state index is 13.1. The van der Waals surface area contributed by atoms with Crippen LogP contribution < -0.4 is 11.1 Å². The molecule has 180 valence electrons. The molecule has 0 aromatic rings. The Balaban J connectivity index is 1.66. The zero-order valence-corrected chi connectivity index (χ0v) is 18.9. The summed E-state index contributed by atoms with van der Waals surface area (Å²) < 4.78 is 0. The lowest BCUT2D eigenvalue weighted by atomic mass is 9.77. The zero-order chi connectivity index (χ0) is 23.4. The van der Waals surface area contributed by atoms with Crippen molar-refractivity contribution in [2.75, 3.05) is 13.1 Å². The standard InChI is InChI=1S/C21H37BN4O6/c1-2-15(20(29)25-10-6-9-17(25)22(31)32)24-19(28)16-11-14(27)12-26(16)21(30)18(23)13-7-4-3-5-8-13/h13-18,27,31-32H,2-12,23H2,1H3,(H,24,28). The lowest BCUT2D eigenvalue weighted by Crippen LogP contribution is -2.57. The largest absolute Gasteiger partial charge is 0.475 e. The van der Waals surface area contributed by atoms with E-state index in [0.29, 0.717) is 25.8 Å². The summed E-state index contributed by atoms with van der Waals surface area (Å²) >= 11 is 0. The molecule has 2 aliphatic heterocycles. The van der Waals surface area contributed by atoms with E-state index < -0.39 is 43.2 Å². The summed E-state index contributed by atoms with van der Waals surface area (Å²) in [6.45, 7) is 2.21. The molecule has 1 saturated carbocycles. The second-order valence-electron chi connectivity index (χ2n) is 9.44. The SMILES string of the molecule is CCC(NC(=O)C1CC(O)CN1C(=O)C(N)C1CCCCC1)C(=O)N1CCCC1B(O)O. The third-order valence-corrected chi connectivity index (χ3v) is 7.26. The topological polar surface area (TPSA) is 156 Å². The normalized spacial score (nSPS) is 28.5. The number of nitrogens with two attached hydrogens (primary N) is 1. The van der Waals surface area contributed by atoms with Crippen LogP contribution >= 0.6 is 0 Å². The highest BCUT2D eigenvalue weighted by molar-refractivity contribution is 6.43. The van der Waals surface area contributed by atoms with Gasteiger partial charge in [-0.05, 0) is 38.0 Å². The van der Waals surface area contributed by atoms with Gasteiger partial charge in [-0.3, -0.25) is 14.4 Å². The van der Waals surface area contributed by atoms with E-state index in [-0.39, 0.29) is 30.7 Å². The highest BCUT2D eigenvalue weighted by atomic mass is 16.4. The van der Waals surface area contributed by atoms with Crippen molar-refractivity contribution in [2.24, 2.45) is 11.7 Å². The van der Waals surface area contributed by atoms with Crippen LogP contribution in [0.2, 0.25) is 0 Å². The van der Waals surface area contributed by atoms with Gasteiger partial charge >= 0.3 is 7.12 Å². The molecule has 0 bridgehead atoms. The van der Waals surface area contributed by atoms with E-state index in [4.69, 9.17) is 5.73 Å². The van der Waals surface area contributed by atoms with Crippen LogP contribution in [0.3, 0.4) is 0 Å². The van der Waals surface area contributed by atoms with E-state index in [1.54, 1.807) is 6.92 Å². The second kappa shape index (κ2) is 11.0. The summed E-state index contributed by atoms with van der Waals surface area (Å²) in [7, 11) is -1.63. The van der Waals surface area contributed by atoms with Crippen molar-refractivity contribution in [3.05, 3.63) is 0 Å². The molecule has 3 amide bonds. The van der Waals surface area contributed by atoms with E-state index in [2.05, 4.69) is 5.32 Å².